The van der Waals surface area contributed by atoms with Crippen LogP contribution in [0.2, 0.25) is 5.02 Å². The summed E-state index contributed by atoms with van der Waals surface area (Å²) < 4.78 is 1.91. The van der Waals surface area contributed by atoms with Crippen LogP contribution >= 0.6 is 11.6 Å². The molecule has 1 saturated heterocycles. The zero-order valence-electron chi connectivity index (χ0n) is 16.0. The molecule has 1 N–H and O–H groups in total. The van der Waals surface area contributed by atoms with Crippen LogP contribution in [0.1, 0.15) is 30.9 Å². The fraction of sp³-hybridized carbons (Fsp3) is 0.333. The maximum absolute atomic E-state index is 13.0. The molecule has 1 aliphatic carbocycles. The predicted molar refractivity (Wildman–Crippen MR) is 112 cm³/mol. The summed E-state index contributed by atoms with van der Waals surface area (Å²) in [6.07, 6.45) is 2.94. The van der Waals surface area contributed by atoms with Gasteiger partial charge in [-0.05, 0) is 66.4 Å². The Morgan fingerprint density at radius 3 is 2.76 bits per heavy atom. The number of anilines is 2. The van der Waals surface area contributed by atoms with Crippen molar-refractivity contribution < 1.29 is 4.79 Å². The smallest absolute Gasteiger partial charge is 0.249 e. The summed E-state index contributed by atoms with van der Waals surface area (Å²) >= 11 is 6.28. The lowest BCUT2D eigenvalue weighted by Crippen LogP contribution is -2.33. The average Bonchev–Trinajstić information content (AvgIpc) is 3.35. The quantitative estimate of drug-likeness (QED) is 0.693. The second-order valence-electron chi connectivity index (χ2n) is 7.63. The molecule has 29 heavy (non-hydrogen) atoms. The highest BCUT2D eigenvalue weighted by Gasteiger charge is 2.33. The highest BCUT2D eigenvalue weighted by molar-refractivity contribution is 6.34. The summed E-state index contributed by atoms with van der Waals surface area (Å²) in [6, 6.07) is 13.6. The summed E-state index contributed by atoms with van der Waals surface area (Å²) in [5, 5.41) is 16.2. The number of rotatable bonds is 5. The normalized spacial score (nSPS) is 19.0. The Labute approximate surface area is 173 Å². The van der Waals surface area contributed by atoms with E-state index in [9.17, 15) is 4.79 Å². The number of nitrogens with zero attached hydrogens (tertiary/aromatic N) is 5. The Morgan fingerprint density at radius 1 is 1.14 bits per heavy atom. The second-order valence-corrected chi connectivity index (χ2v) is 8.04. The highest BCUT2D eigenvalue weighted by atomic mass is 35.5. The van der Waals surface area contributed by atoms with E-state index in [-0.39, 0.29) is 11.9 Å². The molecule has 148 valence electrons. The molecule has 8 heteroatoms. The maximum atomic E-state index is 13.0. The Bertz CT molecular complexity index is 1080. The lowest BCUT2D eigenvalue weighted by molar-refractivity contribution is -0.117. The third-order valence-electron chi connectivity index (χ3n) is 5.55. The van der Waals surface area contributed by atoms with Gasteiger partial charge >= 0.3 is 0 Å². The van der Waals surface area contributed by atoms with Crippen molar-refractivity contribution >= 4 is 28.9 Å². The molecule has 2 heterocycles. The van der Waals surface area contributed by atoms with E-state index in [0.717, 1.165) is 41.2 Å². The average molecular weight is 409 g/mol. The van der Waals surface area contributed by atoms with Gasteiger partial charge in [-0.25, -0.2) is 4.68 Å². The number of carbonyl (C=O) groups excluding carboxylic acids is 1. The number of hydrogen-bond acceptors (Lipinski definition) is 5. The van der Waals surface area contributed by atoms with E-state index < -0.39 is 0 Å². The van der Waals surface area contributed by atoms with Gasteiger partial charge in [0.1, 0.15) is 6.04 Å². The van der Waals surface area contributed by atoms with E-state index >= 15 is 0 Å². The fourth-order valence-corrected chi connectivity index (χ4v) is 4.05. The van der Waals surface area contributed by atoms with Gasteiger partial charge in [0.25, 0.3) is 0 Å². The number of aromatic nitrogens is 4. The number of aryl methyl sites for hydroxylation is 1. The Balaban J connectivity index is 1.38. The molecule has 0 spiro atoms. The zero-order valence-corrected chi connectivity index (χ0v) is 16.8. The largest absolute Gasteiger partial charge is 0.374 e. The Kier molecular flexibility index (Phi) is 4.47. The van der Waals surface area contributed by atoms with Gasteiger partial charge in [-0.1, -0.05) is 29.8 Å². The second kappa shape index (κ2) is 7.15. The van der Waals surface area contributed by atoms with E-state index in [1.807, 2.05) is 48.0 Å². The molecule has 1 atom stereocenters. The molecule has 7 nitrogen and oxygen atoms in total. The summed E-state index contributed by atoms with van der Waals surface area (Å²) in [4.78, 5) is 14.7. The third kappa shape index (κ3) is 3.35. The van der Waals surface area contributed by atoms with Crippen LogP contribution in [0.5, 0.6) is 0 Å². The number of halogens is 1. The first kappa shape index (κ1) is 18.1. The van der Waals surface area contributed by atoms with E-state index in [4.69, 9.17) is 11.6 Å². The molecule has 1 saturated carbocycles. The lowest BCUT2D eigenvalue weighted by Gasteiger charge is -2.19. The van der Waals surface area contributed by atoms with Crippen molar-refractivity contribution in [3.63, 3.8) is 0 Å². The maximum Gasteiger partial charge on any atom is 0.249 e. The first-order chi connectivity index (χ1) is 14.1. The number of nitrogens with one attached hydrogen (secondary N) is 1. The van der Waals surface area contributed by atoms with Gasteiger partial charge in [-0.3, -0.25) is 4.79 Å². The summed E-state index contributed by atoms with van der Waals surface area (Å²) in [5.41, 5.74) is 3.73. The van der Waals surface area contributed by atoms with Crippen LogP contribution in [0.25, 0.3) is 11.4 Å². The number of benzene rings is 2. The number of hydrogen-bond donors (Lipinski definition) is 1. The summed E-state index contributed by atoms with van der Waals surface area (Å²) in [6.45, 7) is 2.68. The fourth-order valence-electron chi connectivity index (χ4n) is 3.81. The molecule has 5 rings (SSSR count). The molecule has 2 aromatic carbocycles. The van der Waals surface area contributed by atoms with E-state index in [2.05, 4.69) is 20.8 Å². The molecule has 1 aliphatic heterocycles. The topological polar surface area (TPSA) is 75.9 Å². The predicted octanol–water partition coefficient (Wildman–Crippen LogP) is 3.85. The Hall–Kier alpha value is -2.93. The molecule has 3 aromatic rings. The third-order valence-corrected chi connectivity index (χ3v) is 5.87. The minimum Gasteiger partial charge on any atom is -0.374 e. The van der Waals surface area contributed by atoms with Crippen molar-refractivity contribution in [2.24, 2.45) is 0 Å². The standard InChI is InChI=1S/C21H21ClN6O/c1-13-6-7-14(12-16(13)20-24-25-26-28(20)15-8-9-15)23-18-10-11-27(21(18)29)19-5-3-2-4-17(19)22/h2-7,12,15,18,23H,8-11H2,1H3. The van der Waals surface area contributed by atoms with E-state index in [0.29, 0.717) is 24.0 Å². The van der Waals surface area contributed by atoms with Gasteiger partial charge in [0.2, 0.25) is 5.91 Å². The van der Waals surface area contributed by atoms with Crippen molar-refractivity contribution in [2.45, 2.75) is 38.3 Å². The van der Waals surface area contributed by atoms with E-state index in [1.54, 1.807) is 11.0 Å². The van der Waals surface area contributed by atoms with Crippen molar-refractivity contribution in [1.82, 2.24) is 20.2 Å². The van der Waals surface area contributed by atoms with Crippen molar-refractivity contribution in [1.29, 1.82) is 0 Å². The molecule has 1 amide bonds. The minimum atomic E-state index is -0.291. The van der Waals surface area contributed by atoms with Crippen molar-refractivity contribution in [3.05, 3.63) is 53.1 Å². The molecular formula is C21H21ClN6O. The lowest BCUT2D eigenvalue weighted by atomic mass is 10.1. The summed E-state index contributed by atoms with van der Waals surface area (Å²) in [7, 11) is 0. The van der Waals surface area contributed by atoms with Gasteiger partial charge in [0, 0.05) is 17.8 Å². The molecule has 2 aliphatic rings. The zero-order chi connectivity index (χ0) is 20.0. The van der Waals surface area contributed by atoms with Gasteiger partial charge in [0.05, 0.1) is 16.8 Å². The van der Waals surface area contributed by atoms with Crippen molar-refractivity contribution in [3.8, 4) is 11.4 Å². The van der Waals surface area contributed by atoms with Gasteiger partial charge in [-0.2, -0.15) is 0 Å². The first-order valence-electron chi connectivity index (χ1n) is 9.83. The van der Waals surface area contributed by atoms with Crippen LogP contribution in [0.4, 0.5) is 11.4 Å². The van der Waals surface area contributed by atoms with Gasteiger partial charge < -0.3 is 10.2 Å². The van der Waals surface area contributed by atoms with Crippen LogP contribution in [0.3, 0.4) is 0 Å². The number of amides is 1. The molecule has 2 fully saturated rings. The van der Waals surface area contributed by atoms with Crippen LogP contribution in [-0.4, -0.2) is 38.7 Å². The molecule has 0 radical (unpaired) electrons. The van der Waals surface area contributed by atoms with Crippen LogP contribution in [0.15, 0.2) is 42.5 Å². The number of para-hydroxylation sites is 1. The SMILES string of the molecule is Cc1ccc(NC2CCN(c3ccccc3Cl)C2=O)cc1-c1nnnn1C1CC1. The number of carbonyl (C=O) groups is 1. The van der Waals surface area contributed by atoms with E-state index in [1.165, 1.54) is 0 Å². The van der Waals surface area contributed by atoms with Crippen LogP contribution in [0, 0.1) is 6.92 Å². The van der Waals surface area contributed by atoms with Crippen molar-refractivity contribution in [2.75, 3.05) is 16.8 Å². The monoisotopic (exact) mass is 408 g/mol. The molecular weight excluding hydrogens is 388 g/mol. The summed E-state index contributed by atoms with van der Waals surface area (Å²) in [5.74, 6) is 0.812. The van der Waals surface area contributed by atoms with Crippen LogP contribution in [-0.2, 0) is 4.79 Å². The van der Waals surface area contributed by atoms with Gasteiger partial charge in [0.15, 0.2) is 5.82 Å². The molecule has 0 bridgehead atoms. The molecule has 1 unspecified atom stereocenters. The van der Waals surface area contributed by atoms with Gasteiger partial charge in [-0.15, -0.1) is 5.10 Å². The highest BCUT2D eigenvalue weighted by Crippen LogP contribution is 2.38. The minimum absolute atomic E-state index is 0.0306. The number of tetrazole rings is 1. The Morgan fingerprint density at radius 2 is 1.97 bits per heavy atom. The molecule has 1 aromatic heterocycles. The van der Waals surface area contributed by atoms with Crippen LogP contribution < -0.4 is 10.2 Å². The first-order valence-corrected chi connectivity index (χ1v) is 10.2.